The van der Waals surface area contributed by atoms with E-state index in [1.807, 2.05) is 11.0 Å². The Morgan fingerprint density at radius 3 is 2.37 bits per heavy atom. The van der Waals surface area contributed by atoms with Crippen LogP contribution in [0.4, 0.5) is 29.3 Å². The number of anilines is 2. The fraction of sp³-hybridized carbons (Fsp3) is 0.316. The maximum atomic E-state index is 13.0. The van der Waals surface area contributed by atoms with Crippen LogP contribution in [0.25, 0.3) is 0 Å². The standard InChI is InChI=1S/C19H20F3N3O2/c1-13-6-7-14(12-15(13)19(20,21)22)23-18(27)25-10-8-24(9-11-25)16-4-2-3-5-17(16)26/h2-7,12,26H,8-11H2,1H3,(H,23,27). The summed E-state index contributed by atoms with van der Waals surface area (Å²) >= 11 is 0. The number of nitrogens with zero attached hydrogens (tertiary/aromatic N) is 2. The highest BCUT2D eigenvalue weighted by atomic mass is 19.4. The number of hydrogen-bond donors (Lipinski definition) is 2. The Kier molecular flexibility index (Phi) is 5.16. The number of hydrogen-bond acceptors (Lipinski definition) is 3. The molecular formula is C19H20F3N3O2. The molecule has 2 amide bonds. The van der Waals surface area contributed by atoms with E-state index in [0.29, 0.717) is 31.9 Å². The van der Waals surface area contributed by atoms with E-state index >= 15 is 0 Å². The van der Waals surface area contributed by atoms with E-state index in [2.05, 4.69) is 5.32 Å². The number of alkyl halides is 3. The number of carbonyl (C=O) groups is 1. The third-order valence-corrected chi connectivity index (χ3v) is 4.58. The van der Waals surface area contributed by atoms with Gasteiger partial charge in [-0.25, -0.2) is 4.79 Å². The molecule has 5 nitrogen and oxygen atoms in total. The van der Waals surface area contributed by atoms with Gasteiger partial charge in [0.15, 0.2) is 0 Å². The molecule has 2 aromatic carbocycles. The average Bonchev–Trinajstić information content (AvgIpc) is 2.63. The van der Waals surface area contributed by atoms with Crippen molar-refractivity contribution in [2.45, 2.75) is 13.1 Å². The van der Waals surface area contributed by atoms with Crippen LogP contribution in [0.1, 0.15) is 11.1 Å². The van der Waals surface area contributed by atoms with Crippen LogP contribution in [0.2, 0.25) is 0 Å². The van der Waals surface area contributed by atoms with E-state index in [1.54, 1.807) is 23.1 Å². The number of carbonyl (C=O) groups excluding carboxylic acids is 1. The fourth-order valence-corrected chi connectivity index (χ4v) is 3.09. The van der Waals surface area contributed by atoms with Crippen LogP contribution in [0.15, 0.2) is 42.5 Å². The van der Waals surface area contributed by atoms with Crippen LogP contribution in [-0.2, 0) is 6.18 Å². The summed E-state index contributed by atoms with van der Waals surface area (Å²) in [4.78, 5) is 15.9. The quantitative estimate of drug-likeness (QED) is 0.827. The summed E-state index contributed by atoms with van der Waals surface area (Å²) in [6.07, 6.45) is -4.46. The molecule has 1 aliphatic rings. The molecule has 0 radical (unpaired) electrons. The summed E-state index contributed by atoms with van der Waals surface area (Å²) in [6.45, 7) is 3.22. The molecule has 1 saturated heterocycles. The Hall–Kier alpha value is -2.90. The monoisotopic (exact) mass is 379 g/mol. The summed E-state index contributed by atoms with van der Waals surface area (Å²) in [5.41, 5.74) is 0.161. The maximum absolute atomic E-state index is 13.0. The second kappa shape index (κ2) is 7.38. The zero-order chi connectivity index (χ0) is 19.6. The number of aromatic hydroxyl groups is 1. The van der Waals surface area contributed by atoms with Crippen molar-refractivity contribution in [2.24, 2.45) is 0 Å². The number of halogens is 3. The number of aryl methyl sites for hydroxylation is 1. The minimum absolute atomic E-state index is 0.108. The Morgan fingerprint density at radius 1 is 1.07 bits per heavy atom. The number of para-hydroxylation sites is 2. The van der Waals surface area contributed by atoms with Gasteiger partial charge in [-0.3, -0.25) is 0 Å². The van der Waals surface area contributed by atoms with Gasteiger partial charge in [-0.1, -0.05) is 18.2 Å². The molecule has 0 bridgehead atoms. The van der Waals surface area contributed by atoms with E-state index in [9.17, 15) is 23.1 Å². The number of benzene rings is 2. The number of phenols is 1. The SMILES string of the molecule is Cc1ccc(NC(=O)N2CCN(c3ccccc3O)CC2)cc1C(F)(F)F. The first-order valence-electron chi connectivity index (χ1n) is 8.52. The van der Waals surface area contributed by atoms with Crippen molar-refractivity contribution in [1.82, 2.24) is 4.90 Å². The first kappa shape index (κ1) is 18.9. The van der Waals surface area contributed by atoms with Crippen LogP contribution in [0, 0.1) is 6.92 Å². The molecule has 2 N–H and O–H groups in total. The molecular weight excluding hydrogens is 359 g/mol. The molecule has 1 aliphatic heterocycles. The van der Waals surface area contributed by atoms with E-state index in [0.717, 1.165) is 6.07 Å². The summed E-state index contributed by atoms with van der Waals surface area (Å²) in [6, 6.07) is 10.3. The minimum atomic E-state index is -4.46. The van der Waals surface area contributed by atoms with Crippen molar-refractivity contribution >= 4 is 17.4 Å². The van der Waals surface area contributed by atoms with Crippen molar-refractivity contribution in [3.8, 4) is 5.75 Å². The number of nitrogens with one attached hydrogen (secondary N) is 1. The summed E-state index contributed by atoms with van der Waals surface area (Å²) in [7, 11) is 0. The molecule has 8 heteroatoms. The molecule has 0 unspecified atom stereocenters. The number of urea groups is 1. The lowest BCUT2D eigenvalue weighted by atomic mass is 10.1. The van der Waals surface area contributed by atoms with Crippen molar-refractivity contribution in [3.63, 3.8) is 0 Å². The highest BCUT2D eigenvalue weighted by Crippen LogP contribution is 2.33. The first-order chi connectivity index (χ1) is 12.8. The van der Waals surface area contributed by atoms with Crippen LogP contribution in [0.3, 0.4) is 0 Å². The molecule has 0 aliphatic carbocycles. The molecule has 2 aromatic rings. The zero-order valence-corrected chi connectivity index (χ0v) is 14.8. The largest absolute Gasteiger partial charge is 0.506 e. The van der Waals surface area contributed by atoms with Gasteiger partial charge in [-0.2, -0.15) is 13.2 Å². The van der Waals surface area contributed by atoms with Gasteiger partial charge in [-0.15, -0.1) is 0 Å². The van der Waals surface area contributed by atoms with Gasteiger partial charge >= 0.3 is 12.2 Å². The van der Waals surface area contributed by atoms with Gasteiger partial charge < -0.3 is 20.2 Å². The third-order valence-electron chi connectivity index (χ3n) is 4.58. The van der Waals surface area contributed by atoms with Gasteiger partial charge in [0.2, 0.25) is 0 Å². The number of rotatable bonds is 2. The summed E-state index contributed by atoms with van der Waals surface area (Å²) < 4.78 is 39.0. The van der Waals surface area contributed by atoms with Gasteiger partial charge in [0.1, 0.15) is 5.75 Å². The Bertz CT molecular complexity index is 831. The molecule has 144 valence electrons. The normalized spacial score (nSPS) is 15.0. The first-order valence-corrected chi connectivity index (χ1v) is 8.52. The van der Waals surface area contributed by atoms with Gasteiger partial charge in [0.25, 0.3) is 0 Å². The number of phenolic OH excluding ortho intramolecular Hbond substituents is 1. The lowest BCUT2D eigenvalue weighted by Crippen LogP contribution is -2.50. The minimum Gasteiger partial charge on any atom is -0.506 e. The second-order valence-electron chi connectivity index (χ2n) is 6.42. The van der Waals surface area contributed by atoms with E-state index in [-0.39, 0.29) is 17.0 Å². The third kappa shape index (κ3) is 4.27. The molecule has 27 heavy (non-hydrogen) atoms. The molecule has 0 aromatic heterocycles. The molecule has 0 atom stereocenters. The van der Waals surface area contributed by atoms with Crippen molar-refractivity contribution in [3.05, 3.63) is 53.6 Å². The smallest absolute Gasteiger partial charge is 0.416 e. The van der Waals surface area contributed by atoms with Crippen LogP contribution in [0.5, 0.6) is 5.75 Å². The van der Waals surface area contributed by atoms with Crippen molar-refractivity contribution < 1.29 is 23.1 Å². The Labute approximate surface area is 155 Å². The fourth-order valence-electron chi connectivity index (χ4n) is 3.09. The highest BCUT2D eigenvalue weighted by Gasteiger charge is 2.32. The van der Waals surface area contributed by atoms with Crippen molar-refractivity contribution in [2.75, 3.05) is 36.4 Å². The predicted octanol–water partition coefficient (Wildman–Crippen LogP) is 4.07. The maximum Gasteiger partial charge on any atom is 0.416 e. The summed E-state index contributed by atoms with van der Waals surface area (Å²) in [5.74, 6) is 0.176. The van der Waals surface area contributed by atoms with E-state index < -0.39 is 17.8 Å². The zero-order valence-electron chi connectivity index (χ0n) is 14.8. The average molecular weight is 379 g/mol. The van der Waals surface area contributed by atoms with Crippen LogP contribution < -0.4 is 10.2 Å². The second-order valence-corrected chi connectivity index (χ2v) is 6.42. The molecule has 0 saturated carbocycles. The number of piperazine rings is 1. The highest BCUT2D eigenvalue weighted by molar-refractivity contribution is 5.89. The van der Waals surface area contributed by atoms with E-state index in [4.69, 9.17) is 0 Å². The Morgan fingerprint density at radius 2 is 1.74 bits per heavy atom. The van der Waals surface area contributed by atoms with Gasteiger partial charge in [-0.05, 0) is 36.8 Å². The molecule has 3 rings (SSSR count). The summed E-state index contributed by atoms with van der Waals surface area (Å²) in [5, 5.41) is 12.5. The van der Waals surface area contributed by atoms with Crippen molar-refractivity contribution in [1.29, 1.82) is 0 Å². The van der Waals surface area contributed by atoms with Crippen LogP contribution >= 0.6 is 0 Å². The van der Waals surface area contributed by atoms with Gasteiger partial charge in [0, 0.05) is 31.9 Å². The van der Waals surface area contributed by atoms with Gasteiger partial charge in [0.05, 0.1) is 11.3 Å². The van der Waals surface area contributed by atoms with E-state index in [1.165, 1.54) is 19.1 Å². The molecule has 0 spiro atoms. The lowest BCUT2D eigenvalue weighted by molar-refractivity contribution is -0.138. The van der Waals surface area contributed by atoms with Crippen LogP contribution in [-0.4, -0.2) is 42.2 Å². The Balaban J connectivity index is 1.63. The molecule has 1 heterocycles. The molecule has 1 fully saturated rings. The predicted molar refractivity (Wildman–Crippen MR) is 97.1 cm³/mol. The number of amides is 2. The topological polar surface area (TPSA) is 55.8 Å². The lowest BCUT2D eigenvalue weighted by Gasteiger charge is -2.36.